The third kappa shape index (κ3) is 9.24. The van der Waals surface area contributed by atoms with Gasteiger partial charge in [-0.05, 0) is 61.5 Å². The van der Waals surface area contributed by atoms with Gasteiger partial charge in [-0.2, -0.15) is 0 Å². The van der Waals surface area contributed by atoms with Gasteiger partial charge in [-0.1, -0.05) is 53.5 Å². The fraction of sp³-hybridized carbons (Fsp3) is 0.121. The van der Waals surface area contributed by atoms with Gasteiger partial charge in [-0.25, -0.2) is 14.8 Å². The third-order valence-electron chi connectivity index (χ3n) is 6.78. The number of nitrogens with zero attached hydrogens (tertiary/aromatic N) is 3. The Morgan fingerprint density at radius 3 is 2.45 bits per heavy atom. The first-order valence-electron chi connectivity index (χ1n) is 13.8. The van der Waals surface area contributed by atoms with Crippen LogP contribution in [0.5, 0.6) is 5.75 Å². The van der Waals surface area contributed by atoms with Crippen molar-refractivity contribution in [2.24, 2.45) is 0 Å². The second-order valence-corrected chi connectivity index (χ2v) is 10.7. The number of ether oxygens (including phenoxy) is 1. The molecule has 3 N–H and O–H groups in total. The van der Waals surface area contributed by atoms with Gasteiger partial charge in [0.05, 0.1) is 17.3 Å². The first kappa shape index (κ1) is 36.9. The van der Waals surface area contributed by atoms with Gasteiger partial charge >= 0.3 is 6.03 Å². The Morgan fingerprint density at radius 1 is 0.894 bits per heavy atom. The number of hydrogen-bond acceptors (Lipinski definition) is 6. The largest absolute Gasteiger partial charge is 0.487 e. The first-order chi connectivity index (χ1) is 21.7. The maximum atomic E-state index is 13.0. The zero-order valence-electron chi connectivity index (χ0n) is 25.1. The molecule has 0 aliphatic carbocycles. The molecule has 0 spiro atoms. The number of carbonyl (C=O) groups is 3. The van der Waals surface area contributed by atoms with Gasteiger partial charge in [0.25, 0.3) is 5.91 Å². The van der Waals surface area contributed by atoms with E-state index < -0.39 is 11.9 Å². The molecule has 5 aromatic rings. The molecule has 0 fully saturated rings. The smallest absolute Gasteiger partial charge is 0.319 e. The van der Waals surface area contributed by atoms with Crippen LogP contribution in [0.25, 0.3) is 10.9 Å². The highest BCUT2D eigenvalue weighted by Crippen LogP contribution is 2.35. The second kappa shape index (κ2) is 16.8. The molecular weight excluding hydrogens is 686 g/mol. The van der Waals surface area contributed by atoms with E-state index in [1.54, 1.807) is 61.8 Å². The minimum atomic E-state index is -0.630. The summed E-state index contributed by atoms with van der Waals surface area (Å²) in [6.45, 7) is 1.62. The average molecular weight is 716 g/mol. The Morgan fingerprint density at radius 2 is 1.68 bits per heavy atom. The summed E-state index contributed by atoms with van der Waals surface area (Å²) >= 11 is 13.2. The summed E-state index contributed by atoms with van der Waals surface area (Å²) in [5.41, 5.74) is 3.15. The van der Waals surface area contributed by atoms with Crippen LogP contribution < -0.4 is 25.6 Å². The standard InChI is InChI=1S/C33H28Cl2N6O4.2ClH/c1-20-12-13-21-7-6-10-27(31(21)38-20)45-19-24-25(34)14-15-26(30(24)35)41(2)29(42)18-37-33(44)39-23-9-5-8-22(17-23)32(43)40-28-11-3-4-16-36-28;;/h3-17H,18-19H2,1-2H3,(H,36,40,43)(H2,37,39,44);2*1H. The number of aryl methyl sites for hydroxylation is 1. The van der Waals surface area contributed by atoms with Gasteiger partial charge in [0, 0.05) is 46.2 Å². The van der Waals surface area contributed by atoms with Gasteiger partial charge in [0.15, 0.2) is 0 Å². The monoisotopic (exact) mass is 714 g/mol. The van der Waals surface area contributed by atoms with Crippen molar-refractivity contribution in [2.75, 3.05) is 29.1 Å². The van der Waals surface area contributed by atoms with Gasteiger partial charge in [0.2, 0.25) is 5.91 Å². The normalized spacial score (nSPS) is 10.2. The van der Waals surface area contributed by atoms with Crippen LogP contribution in [0.3, 0.4) is 0 Å². The Kier molecular flexibility index (Phi) is 13.2. The number of halogens is 4. The molecule has 0 saturated carbocycles. The molecule has 244 valence electrons. The van der Waals surface area contributed by atoms with Crippen LogP contribution in [0.2, 0.25) is 10.0 Å². The fourth-order valence-electron chi connectivity index (χ4n) is 4.41. The summed E-state index contributed by atoms with van der Waals surface area (Å²) in [7, 11) is 1.54. The van der Waals surface area contributed by atoms with Crippen molar-refractivity contribution in [3.8, 4) is 5.75 Å². The molecule has 0 aliphatic heterocycles. The van der Waals surface area contributed by atoms with Crippen LogP contribution in [0.15, 0.2) is 91.1 Å². The van der Waals surface area contributed by atoms with Crippen LogP contribution in [-0.2, 0) is 11.4 Å². The van der Waals surface area contributed by atoms with E-state index >= 15 is 0 Å². The minimum absolute atomic E-state index is 0. The topological polar surface area (TPSA) is 126 Å². The number of likely N-dealkylation sites (N-methyl/N-ethyl adjacent to an activating group) is 1. The number of para-hydroxylation sites is 1. The number of carbonyl (C=O) groups excluding carboxylic acids is 3. The number of anilines is 3. The van der Waals surface area contributed by atoms with Crippen molar-refractivity contribution in [3.05, 3.63) is 118 Å². The zero-order valence-corrected chi connectivity index (χ0v) is 28.3. The number of amides is 4. The van der Waals surface area contributed by atoms with E-state index in [9.17, 15) is 14.4 Å². The van der Waals surface area contributed by atoms with Crippen molar-refractivity contribution < 1.29 is 19.1 Å². The number of aromatic nitrogens is 2. The number of rotatable bonds is 9. The minimum Gasteiger partial charge on any atom is -0.487 e. The van der Waals surface area contributed by atoms with Gasteiger partial charge in [0.1, 0.15) is 23.7 Å². The van der Waals surface area contributed by atoms with Crippen LogP contribution in [0.4, 0.5) is 22.0 Å². The Hall–Kier alpha value is -4.61. The lowest BCUT2D eigenvalue weighted by molar-refractivity contribution is -0.117. The lowest BCUT2D eigenvalue weighted by Crippen LogP contribution is -2.40. The van der Waals surface area contributed by atoms with Gasteiger partial charge in [-0.3, -0.25) is 9.59 Å². The second-order valence-electron chi connectivity index (χ2n) is 9.94. The van der Waals surface area contributed by atoms with Crippen LogP contribution in [-0.4, -0.2) is 41.4 Å². The maximum Gasteiger partial charge on any atom is 0.319 e. The summed E-state index contributed by atoms with van der Waals surface area (Å²) in [6.07, 6.45) is 1.57. The lowest BCUT2D eigenvalue weighted by Gasteiger charge is -2.21. The molecule has 0 radical (unpaired) electrons. The molecule has 0 aliphatic rings. The van der Waals surface area contributed by atoms with Gasteiger partial charge in [-0.15, -0.1) is 24.8 Å². The van der Waals surface area contributed by atoms with E-state index in [0.29, 0.717) is 39.1 Å². The molecule has 0 unspecified atom stereocenters. The third-order valence-corrected chi connectivity index (χ3v) is 7.56. The lowest BCUT2D eigenvalue weighted by atomic mass is 10.1. The molecule has 2 heterocycles. The molecule has 2 aromatic heterocycles. The Bertz CT molecular complexity index is 1890. The molecular formula is C33H30Cl4N6O4. The van der Waals surface area contributed by atoms with E-state index in [-0.39, 0.29) is 48.9 Å². The highest BCUT2D eigenvalue weighted by Gasteiger charge is 2.20. The summed E-state index contributed by atoms with van der Waals surface area (Å²) in [5.74, 6) is 0.160. The molecule has 4 amide bonds. The van der Waals surface area contributed by atoms with Crippen molar-refractivity contribution in [3.63, 3.8) is 0 Å². The SMILES string of the molecule is Cc1ccc2cccc(OCc3c(Cl)ccc(N(C)C(=O)CNC(=O)Nc4cccc(C(=O)Nc5ccccn5)c4)c3Cl)c2n1.Cl.Cl. The molecule has 0 saturated heterocycles. The molecule has 5 rings (SSSR count). The quantitative estimate of drug-likeness (QED) is 0.144. The molecule has 47 heavy (non-hydrogen) atoms. The number of fused-ring (bicyclic) bond motifs is 1. The Balaban J connectivity index is 0.00000300. The van der Waals surface area contributed by atoms with Crippen LogP contribution >= 0.6 is 48.0 Å². The van der Waals surface area contributed by atoms with E-state index in [0.717, 1.165) is 16.6 Å². The number of urea groups is 1. The van der Waals surface area contributed by atoms with Crippen LogP contribution in [0, 0.1) is 6.92 Å². The predicted molar refractivity (Wildman–Crippen MR) is 191 cm³/mol. The van der Waals surface area contributed by atoms with E-state index in [1.807, 2.05) is 37.3 Å². The van der Waals surface area contributed by atoms with E-state index in [2.05, 4.69) is 25.9 Å². The Labute approximate surface area is 293 Å². The summed E-state index contributed by atoms with van der Waals surface area (Å²) in [5, 5.41) is 9.40. The van der Waals surface area contributed by atoms with Crippen molar-refractivity contribution in [1.82, 2.24) is 15.3 Å². The molecule has 14 heteroatoms. The fourth-order valence-corrected chi connectivity index (χ4v) is 5.01. The molecule has 3 aromatic carbocycles. The van der Waals surface area contributed by atoms with Crippen LogP contribution in [0.1, 0.15) is 21.6 Å². The van der Waals surface area contributed by atoms with E-state index in [4.69, 9.17) is 27.9 Å². The number of benzene rings is 3. The molecule has 10 nitrogen and oxygen atoms in total. The average Bonchev–Trinajstić information content (AvgIpc) is 3.04. The van der Waals surface area contributed by atoms with Gasteiger partial charge < -0.3 is 25.6 Å². The number of nitrogens with one attached hydrogen (secondary N) is 3. The summed E-state index contributed by atoms with van der Waals surface area (Å²) in [6, 6.07) is 23.7. The highest BCUT2D eigenvalue weighted by atomic mass is 35.5. The predicted octanol–water partition coefficient (Wildman–Crippen LogP) is 7.70. The molecule has 0 bridgehead atoms. The highest BCUT2D eigenvalue weighted by molar-refractivity contribution is 6.38. The summed E-state index contributed by atoms with van der Waals surface area (Å²) in [4.78, 5) is 48.1. The molecule has 0 atom stereocenters. The van der Waals surface area contributed by atoms with Crippen molar-refractivity contribution >= 4 is 94.0 Å². The maximum absolute atomic E-state index is 13.0. The van der Waals surface area contributed by atoms with E-state index in [1.165, 1.54) is 11.0 Å². The first-order valence-corrected chi connectivity index (χ1v) is 14.5. The zero-order chi connectivity index (χ0) is 31.9. The number of pyridine rings is 2. The van der Waals surface area contributed by atoms with Crippen molar-refractivity contribution in [1.29, 1.82) is 0 Å². The van der Waals surface area contributed by atoms with Crippen molar-refractivity contribution in [2.45, 2.75) is 13.5 Å². The summed E-state index contributed by atoms with van der Waals surface area (Å²) < 4.78 is 6.08. The number of hydrogen-bond donors (Lipinski definition) is 3.